The number of rotatable bonds is 9. The number of benzene rings is 1. The summed E-state index contributed by atoms with van der Waals surface area (Å²) in [6, 6.07) is 11.2. The lowest BCUT2D eigenvalue weighted by atomic mass is 10.1. The Kier molecular flexibility index (Phi) is 6.91. The van der Waals surface area contributed by atoms with Crippen LogP contribution < -0.4 is 4.74 Å². The topological polar surface area (TPSA) is 84.6 Å². The molecule has 0 amide bonds. The van der Waals surface area contributed by atoms with Crippen molar-refractivity contribution in [1.29, 1.82) is 0 Å². The predicted octanol–water partition coefficient (Wildman–Crippen LogP) is 3.55. The number of ketones is 1. The first-order valence-electron chi connectivity index (χ1n) is 9.94. The Morgan fingerprint density at radius 1 is 1.13 bits per heavy atom. The molecule has 31 heavy (non-hydrogen) atoms. The standard InChI is InChI=1S/C23H27N3O5/c1-15-11-19(17(3)26(15)16(2)13-29-4)20(27)14-31-23(28)22-21(30-5)12-25(24-22)18-9-7-6-8-10-18/h6-12,16H,13-14H2,1-5H3/t16-/m0/s1. The molecule has 1 atom stereocenters. The minimum absolute atomic E-state index is 0.0124. The smallest absolute Gasteiger partial charge is 0.363 e. The summed E-state index contributed by atoms with van der Waals surface area (Å²) in [7, 11) is 3.09. The van der Waals surface area contributed by atoms with E-state index in [2.05, 4.69) is 5.10 Å². The molecule has 0 spiro atoms. The summed E-state index contributed by atoms with van der Waals surface area (Å²) < 4.78 is 19.3. The average molecular weight is 425 g/mol. The van der Waals surface area contributed by atoms with E-state index in [1.807, 2.05) is 61.7 Å². The van der Waals surface area contributed by atoms with Crippen LogP contribution in [0.25, 0.3) is 5.69 Å². The first kappa shape index (κ1) is 22.3. The summed E-state index contributed by atoms with van der Waals surface area (Å²) in [4.78, 5) is 25.4. The lowest BCUT2D eigenvalue weighted by Crippen LogP contribution is -2.17. The summed E-state index contributed by atoms with van der Waals surface area (Å²) in [5, 5.41) is 4.27. The molecule has 0 bridgehead atoms. The highest BCUT2D eigenvalue weighted by Crippen LogP contribution is 2.23. The van der Waals surface area contributed by atoms with Crippen molar-refractivity contribution in [3.05, 3.63) is 65.2 Å². The van der Waals surface area contributed by atoms with Crippen molar-refractivity contribution in [1.82, 2.24) is 14.3 Å². The first-order chi connectivity index (χ1) is 14.9. The third-order valence-corrected chi connectivity index (χ3v) is 5.08. The number of carbonyl (C=O) groups excluding carboxylic acids is 2. The molecule has 3 aromatic rings. The van der Waals surface area contributed by atoms with Crippen LogP contribution in [0.3, 0.4) is 0 Å². The zero-order chi connectivity index (χ0) is 22.5. The predicted molar refractivity (Wildman–Crippen MR) is 115 cm³/mol. The van der Waals surface area contributed by atoms with Crippen molar-refractivity contribution in [2.75, 3.05) is 27.4 Å². The molecule has 2 aromatic heterocycles. The van der Waals surface area contributed by atoms with Crippen LogP contribution in [0, 0.1) is 13.8 Å². The van der Waals surface area contributed by atoms with Crippen molar-refractivity contribution >= 4 is 11.8 Å². The number of Topliss-reactive ketones (excluding diaryl/α,β-unsaturated/α-hetero) is 1. The van der Waals surface area contributed by atoms with Crippen molar-refractivity contribution in [3.8, 4) is 11.4 Å². The van der Waals surface area contributed by atoms with E-state index in [9.17, 15) is 9.59 Å². The van der Waals surface area contributed by atoms with Crippen LogP contribution in [0.15, 0.2) is 42.6 Å². The van der Waals surface area contributed by atoms with Crippen molar-refractivity contribution in [2.24, 2.45) is 0 Å². The summed E-state index contributed by atoms with van der Waals surface area (Å²) >= 11 is 0. The fourth-order valence-corrected chi connectivity index (χ4v) is 3.69. The van der Waals surface area contributed by atoms with E-state index in [1.54, 1.807) is 13.3 Å². The van der Waals surface area contributed by atoms with E-state index in [1.165, 1.54) is 11.8 Å². The lowest BCUT2D eigenvalue weighted by molar-refractivity contribution is 0.0465. The molecule has 164 valence electrons. The molecule has 0 saturated heterocycles. The van der Waals surface area contributed by atoms with Gasteiger partial charge in [-0.1, -0.05) is 18.2 Å². The number of esters is 1. The van der Waals surface area contributed by atoms with E-state index in [0.717, 1.165) is 17.1 Å². The average Bonchev–Trinajstić information content (AvgIpc) is 3.33. The monoisotopic (exact) mass is 425 g/mol. The van der Waals surface area contributed by atoms with E-state index in [4.69, 9.17) is 14.2 Å². The summed E-state index contributed by atoms with van der Waals surface area (Å²) in [6.45, 7) is 5.97. The van der Waals surface area contributed by atoms with Gasteiger partial charge in [-0.25, -0.2) is 9.48 Å². The van der Waals surface area contributed by atoms with Gasteiger partial charge in [0.05, 0.1) is 31.6 Å². The van der Waals surface area contributed by atoms with Gasteiger partial charge in [-0.15, -0.1) is 0 Å². The second-order valence-corrected chi connectivity index (χ2v) is 7.28. The summed E-state index contributed by atoms with van der Waals surface area (Å²) in [5.41, 5.74) is 3.07. The number of hydrogen-bond acceptors (Lipinski definition) is 6. The molecule has 3 rings (SSSR count). The van der Waals surface area contributed by atoms with Gasteiger partial charge in [-0.05, 0) is 39.0 Å². The van der Waals surface area contributed by atoms with E-state index in [-0.39, 0.29) is 29.9 Å². The zero-order valence-electron chi connectivity index (χ0n) is 18.4. The fraction of sp³-hybridized carbons (Fsp3) is 0.348. The van der Waals surface area contributed by atoms with Gasteiger partial charge in [0.15, 0.2) is 12.4 Å². The molecule has 0 aliphatic rings. The SMILES string of the molecule is COC[C@H](C)n1c(C)cc(C(=O)COC(=O)c2nn(-c3ccccc3)cc2OC)c1C. The quantitative estimate of drug-likeness (QED) is 0.385. The van der Waals surface area contributed by atoms with Gasteiger partial charge in [0.25, 0.3) is 0 Å². The van der Waals surface area contributed by atoms with Crippen LogP contribution >= 0.6 is 0 Å². The molecule has 0 saturated carbocycles. The van der Waals surface area contributed by atoms with Gasteiger partial charge in [0.1, 0.15) is 0 Å². The molecule has 8 nitrogen and oxygen atoms in total. The molecule has 0 fully saturated rings. The highest BCUT2D eigenvalue weighted by molar-refractivity contribution is 6.00. The number of hydrogen-bond donors (Lipinski definition) is 0. The van der Waals surface area contributed by atoms with Crippen LogP contribution in [-0.4, -0.2) is 53.5 Å². The Bertz CT molecular complexity index is 1070. The van der Waals surface area contributed by atoms with Gasteiger partial charge in [-0.3, -0.25) is 4.79 Å². The molecule has 0 radical (unpaired) electrons. The first-order valence-corrected chi connectivity index (χ1v) is 9.94. The minimum Gasteiger partial charge on any atom is -0.493 e. The molecule has 8 heteroatoms. The number of para-hydroxylation sites is 1. The highest BCUT2D eigenvalue weighted by atomic mass is 16.5. The number of ether oxygens (including phenoxy) is 3. The van der Waals surface area contributed by atoms with E-state index in [0.29, 0.717) is 12.2 Å². The molecular formula is C23H27N3O5. The third kappa shape index (κ3) is 4.69. The van der Waals surface area contributed by atoms with Crippen LogP contribution in [0.2, 0.25) is 0 Å². The minimum atomic E-state index is -0.721. The summed E-state index contributed by atoms with van der Waals surface area (Å²) in [6.07, 6.45) is 1.60. The maximum absolute atomic E-state index is 12.7. The Labute approximate surface area is 181 Å². The second kappa shape index (κ2) is 9.61. The van der Waals surface area contributed by atoms with Gasteiger partial charge < -0.3 is 18.8 Å². The molecular weight excluding hydrogens is 398 g/mol. The Balaban J connectivity index is 1.74. The molecule has 0 unspecified atom stereocenters. The maximum atomic E-state index is 12.7. The fourth-order valence-electron chi connectivity index (χ4n) is 3.69. The number of methoxy groups -OCH3 is 2. The van der Waals surface area contributed by atoms with Crippen LogP contribution in [0.1, 0.15) is 45.2 Å². The number of aryl methyl sites for hydroxylation is 1. The van der Waals surface area contributed by atoms with Gasteiger partial charge in [0.2, 0.25) is 11.5 Å². The van der Waals surface area contributed by atoms with Crippen molar-refractivity contribution in [2.45, 2.75) is 26.8 Å². The van der Waals surface area contributed by atoms with Crippen LogP contribution in [0.4, 0.5) is 0 Å². The largest absolute Gasteiger partial charge is 0.493 e. The van der Waals surface area contributed by atoms with E-state index >= 15 is 0 Å². The van der Waals surface area contributed by atoms with Gasteiger partial charge >= 0.3 is 5.97 Å². The van der Waals surface area contributed by atoms with Crippen molar-refractivity contribution in [3.63, 3.8) is 0 Å². The maximum Gasteiger partial charge on any atom is 0.363 e. The highest BCUT2D eigenvalue weighted by Gasteiger charge is 2.23. The third-order valence-electron chi connectivity index (χ3n) is 5.08. The van der Waals surface area contributed by atoms with E-state index < -0.39 is 5.97 Å². The molecule has 2 heterocycles. The molecule has 1 aromatic carbocycles. The summed E-state index contributed by atoms with van der Waals surface area (Å²) in [5.74, 6) is -0.729. The number of aromatic nitrogens is 3. The normalized spacial score (nSPS) is 11.9. The molecule has 0 aliphatic heterocycles. The molecule has 0 aliphatic carbocycles. The Hall–Kier alpha value is -3.39. The Morgan fingerprint density at radius 3 is 2.48 bits per heavy atom. The lowest BCUT2D eigenvalue weighted by Gasteiger charge is -2.17. The Morgan fingerprint density at radius 2 is 1.84 bits per heavy atom. The van der Waals surface area contributed by atoms with Crippen LogP contribution in [-0.2, 0) is 9.47 Å². The zero-order valence-corrected chi connectivity index (χ0v) is 18.4. The number of carbonyl (C=O) groups is 2. The van der Waals surface area contributed by atoms with Crippen LogP contribution in [0.5, 0.6) is 5.75 Å². The van der Waals surface area contributed by atoms with Crippen molar-refractivity contribution < 1.29 is 23.8 Å². The molecule has 0 N–H and O–H groups in total. The van der Waals surface area contributed by atoms with Gasteiger partial charge in [0, 0.05) is 24.1 Å². The van der Waals surface area contributed by atoms with Gasteiger partial charge in [-0.2, -0.15) is 5.10 Å². The second-order valence-electron chi connectivity index (χ2n) is 7.28. The number of nitrogens with zero attached hydrogens (tertiary/aromatic N) is 3.